The quantitative estimate of drug-likeness (QED) is 0.790. The molecule has 0 aliphatic carbocycles. The molecule has 1 N–H and O–H groups in total. The van der Waals surface area contributed by atoms with E-state index in [0.29, 0.717) is 0 Å². The normalized spacial score (nSPS) is 16.0. The van der Waals surface area contributed by atoms with Crippen LogP contribution in [-0.2, 0) is 11.3 Å². The Morgan fingerprint density at radius 2 is 2.09 bits per heavy atom. The van der Waals surface area contributed by atoms with E-state index in [1.165, 1.54) is 12.1 Å². The average molecular weight is 300 g/mol. The number of rotatable bonds is 7. The van der Waals surface area contributed by atoms with Crippen LogP contribution in [0.2, 0.25) is 0 Å². The zero-order valence-corrected chi connectivity index (χ0v) is 12.9. The van der Waals surface area contributed by atoms with Crippen LogP contribution in [0.4, 0.5) is 0 Å². The second kappa shape index (κ2) is 8.08. The van der Waals surface area contributed by atoms with Gasteiger partial charge in [-0.2, -0.15) is 0 Å². The van der Waals surface area contributed by atoms with Crippen LogP contribution >= 0.6 is 0 Å². The van der Waals surface area contributed by atoms with Crippen molar-refractivity contribution in [3.63, 3.8) is 0 Å². The minimum atomic E-state index is 0.880. The predicted molar refractivity (Wildman–Crippen MR) is 87.1 cm³/mol. The molecule has 5 nitrogen and oxygen atoms in total. The third-order valence-electron chi connectivity index (χ3n) is 3.99. The monoisotopic (exact) mass is 300 g/mol. The lowest BCUT2D eigenvalue weighted by Crippen LogP contribution is -2.37. The van der Waals surface area contributed by atoms with Gasteiger partial charge in [0.15, 0.2) is 0 Å². The molecule has 2 aromatic heterocycles. The molecule has 0 saturated carbocycles. The van der Waals surface area contributed by atoms with Crippen molar-refractivity contribution in [3.05, 3.63) is 48.5 Å². The molecule has 0 spiro atoms. The lowest BCUT2D eigenvalue weighted by atomic mass is 10.3. The summed E-state index contributed by atoms with van der Waals surface area (Å²) in [6.07, 6.45) is 6.95. The lowest BCUT2D eigenvalue weighted by Gasteiger charge is -2.26. The first-order valence-electron chi connectivity index (χ1n) is 8.01. The Morgan fingerprint density at radius 3 is 2.91 bits per heavy atom. The second-order valence-electron chi connectivity index (χ2n) is 5.57. The number of aromatic nitrogens is 2. The van der Waals surface area contributed by atoms with Crippen molar-refractivity contribution in [1.29, 1.82) is 0 Å². The zero-order chi connectivity index (χ0) is 15.0. The smallest absolute Gasteiger partial charge is 0.0636 e. The number of nitrogens with zero attached hydrogens (tertiary/aromatic N) is 3. The molecule has 2 aromatic rings. The SMILES string of the molecule is c1cncc(-n2cccc2CNCCCN2CCOCC2)c1. The Labute approximate surface area is 131 Å². The molecular weight excluding hydrogens is 276 g/mol. The van der Waals surface area contributed by atoms with Crippen molar-refractivity contribution >= 4 is 0 Å². The maximum absolute atomic E-state index is 5.37. The summed E-state index contributed by atoms with van der Waals surface area (Å²) in [5.41, 5.74) is 2.37. The first-order chi connectivity index (χ1) is 10.9. The molecule has 5 heteroatoms. The first kappa shape index (κ1) is 15.2. The topological polar surface area (TPSA) is 42.3 Å². The molecule has 1 saturated heterocycles. The van der Waals surface area contributed by atoms with E-state index in [1.807, 2.05) is 12.3 Å². The summed E-state index contributed by atoms with van der Waals surface area (Å²) in [6.45, 7) is 6.98. The van der Waals surface area contributed by atoms with Crippen molar-refractivity contribution < 1.29 is 4.74 Å². The molecule has 22 heavy (non-hydrogen) atoms. The number of ether oxygens (including phenoxy) is 1. The van der Waals surface area contributed by atoms with Crippen LogP contribution in [0.1, 0.15) is 12.1 Å². The fourth-order valence-corrected chi connectivity index (χ4v) is 2.78. The van der Waals surface area contributed by atoms with E-state index >= 15 is 0 Å². The van der Waals surface area contributed by atoms with Gasteiger partial charge in [-0.3, -0.25) is 9.88 Å². The molecule has 3 rings (SSSR count). The van der Waals surface area contributed by atoms with Gasteiger partial charge in [0.1, 0.15) is 0 Å². The number of pyridine rings is 1. The highest BCUT2D eigenvalue weighted by molar-refractivity contribution is 5.31. The minimum absolute atomic E-state index is 0.880. The third-order valence-corrected chi connectivity index (χ3v) is 3.99. The highest BCUT2D eigenvalue weighted by atomic mass is 16.5. The van der Waals surface area contributed by atoms with Gasteiger partial charge < -0.3 is 14.6 Å². The van der Waals surface area contributed by atoms with Gasteiger partial charge in [-0.05, 0) is 43.8 Å². The summed E-state index contributed by atoms with van der Waals surface area (Å²) in [4.78, 5) is 6.66. The number of hydrogen-bond donors (Lipinski definition) is 1. The minimum Gasteiger partial charge on any atom is -0.379 e. The van der Waals surface area contributed by atoms with Crippen LogP contribution in [-0.4, -0.2) is 53.8 Å². The van der Waals surface area contributed by atoms with Crippen LogP contribution in [0.25, 0.3) is 5.69 Å². The summed E-state index contributed by atoms with van der Waals surface area (Å²) in [7, 11) is 0. The Kier molecular flexibility index (Phi) is 5.59. The van der Waals surface area contributed by atoms with E-state index in [9.17, 15) is 0 Å². The van der Waals surface area contributed by atoms with Gasteiger partial charge >= 0.3 is 0 Å². The fourth-order valence-electron chi connectivity index (χ4n) is 2.78. The van der Waals surface area contributed by atoms with Crippen molar-refractivity contribution in [2.75, 3.05) is 39.4 Å². The Bertz CT molecular complexity index is 549. The van der Waals surface area contributed by atoms with E-state index < -0.39 is 0 Å². The van der Waals surface area contributed by atoms with E-state index in [0.717, 1.165) is 51.6 Å². The molecule has 0 radical (unpaired) electrons. The summed E-state index contributed by atoms with van der Waals surface area (Å²) in [5, 5.41) is 3.54. The largest absolute Gasteiger partial charge is 0.379 e. The number of morpholine rings is 1. The molecule has 3 heterocycles. The zero-order valence-electron chi connectivity index (χ0n) is 12.9. The maximum atomic E-state index is 5.37. The number of hydrogen-bond acceptors (Lipinski definition) is 4. The maximum Gasteiger partial charge on any atom is 0.0636 e. The standard InChI is InChI=1S/C17H24N4O/c1-4-16(14-18-6-1)21-9-2-5-17(21)15-19-7-3-8-20-10-12-22-13-11-20/h1-2,4-6,9,14,19H,3,7-8,10-13,15H2. The molecule has 0 atom stereocenters. The third kappa shape index (κ3) is 4.16. The average Bonchev–Trinajstić information content (AvgIpc) is 3.05. The van der Waals surface area contributed by atoms with Gasteiger partial charge in [-0.1, -0.05) is 0 Å². The molecule has 0 amide bonds. The van der Waals surface area contributed by atoms with Crippen molar-refractivity contribution in [1.82, 2.24) is 19.8 Å². The Hall–Kier alpha value is -1.69. The fraction of sp³-hybridized carbons (Fsp3) is 0.471. The molecule has 0 aromatic carbocycles. The van der Waals surface area contributed by atoms with Gasteiger partial charge in [0.2, 0.25) is 0 Å². The number of nitrogens with one attached hydrogen (secondary N) is 1. The lowest BCUT2D eigenvalue weighted by molar-refractivity contribution is 0.0374. The molecular formula is C17H24N4O. The molecule has 0 bridgehead atoms. The summed E-state index contributed by atoms with van der Waals surface area (Å²) in [6, 6.07) is 8.28. The van der Waals surface area contributed by atoms with Gasteiger partial charge in [-0.25, -0.2) is 0 Å². The van der Waals surface area contributed by atoms with Crippen LogP contribution in [0.3, 0.4) is 0 Å². The molecule has 118 valence electrons. The molecule has 1 aliphatic heterocycles. The molecule has 1 fully saturated rings. The highest BCUT2D eigenvalue weighted by Gasteiger charge is 2.09. The van der Waals surface area contributed by atoms with Gasteiger partial charge in [0, 0.05) is 37.7 Å². The predicted octanol–water partition coefficient (Wildman–Crippen LogP) is 1.68. The Balaban J connectivity index is 1.42. The molecule has 1 aliphatic rings. The second-order valence-corrected chi connectivity index (χ2v) is 5.57. The van der Waals surface area contributed by atoms with E-state index in [1.54, 1.807) is 6.20 Å². The van der Waals surface area contributed by atoms with Crippen molar-refractivity contribution in [2.24, 2.45) is 0 Å². The van der Waals surface area contributed by atoms with Gasteiger partial charge in [0.05, 0.1) is 25.1 Å². The van der Waals surface area contributed by atoms with E-state index in [2.05, 4.69) is 44.2 Å². The van der Waals surface area contributed by atoms with Gasteiger partial charge in [-0.15, -0.1) is 0 Å². The summed E-state index contributed by atoms with van der Waals surface area (Å²) in [5.74, 6) is 0. The Morgan fingerprint density at radius 1 is 1.18 bits per heavy atom. The van der Waals surface area contributed by atoms with Crippen LogP contribution in [0.5, 0.6) is 0 Å². The van der Waals surface area contributed by atoms with Crippen LogP contribution in [0, 0.1) is 0 Å². The molecule has 0 unspecified atom stereocenters. The van der Waals surface area contributed by atoms with Crippen molar-refractivity contribution in [3.8, 4) is 5.69 Å². The summed E-state index contributed by atoms with van der Waals surface area (Å²) < 4.78 is 7.55. The first-order valence-corrected chi connectivity index (χ1v) is 8.01. The van der Waals surface area contributed by atoms with Crippen molar-refractivity contribution in [2.45, 2.75) is 13.0 Å². The van der Waals surface area contributed by atoms with E-state index in [4.69, 9.17) is 4.74 Å². The van der Waals surface area contributed by atoms with E-state index in [-0.39, 0.29) is 0 Å². The van der Waals surface area contributed by atoms with Crippen LogP contribution in [0.15, 0.2) is 42.9 Å². The van der Waals surface area contributed by atoms with Gasteiger partial charge in [0.25, 0.3) is 0 Å². The highest BCUT2D eigenvalue weighted by Crippen LogP contribution is 2.11. The van der Waals surface area contributed by atoms with Crippen LogP contribution < -0.4 is 5.32 Å². The summed E-state index contributed by atoms with van der Waals surface area (Å²) >= 11 is 0.